The van der Waals surface area contributed by atoms with E-state index in [-0.39, 0.29) is 11.9 Å². The monoisotopic (exact) mass is 239 g/mol. The average molecular weight is 239 g/mol. The Kier molecular flexibility index (Phi) is 6.82. The highest BCUT2D eigenvalue weighted by Crippen LogP contribution is 2.17. The van der Waals surface area contributed by atoms with Gasteiger partial charge >= 0.3 is 0 Å². The van der Waals surface area contributed by atoms with Crippen LogP contribution in [0.1, 0.15) is 38.3 Å². The molecule has 1 aromatic carbocycles. The number of hydrogen-bond donors (Lipinski definition) is 1. The van der Waals surface area contributed by atoms with Crippen molar-refractivity contribution >= 4 is 0 Å². The quantitative estimate of drug-likeness (QED) is 0.703. The first-order valence-corrected chi connectivity index (χ1v) is 6.35. The van der Waals surface area contributed by atoms with E-state index in [2.05, 4.69) is 19.2 Å². The van der Waals surface area contributed by atoms with Gasteiger partial charge in [-0.25, -0.2) is 4.39 Å². The van der Waals surface area contributed by atoms with E-state index in [1.54, 1.807) is 6.07 Å². The van der Waals surface area contributed by atoms with E-state index >= 15 is 0 Å². The first kappa shape index (κ1) is 14.1. The molecule has 0 aromatic heterocycles. The molecule has 1 N–H and O–H groups in total. The number of halogens is 1. The summed E-state index contributed by atoms with van der Waals surface area (Å²) in [5, 5.41) is 3.32. The summed E-state index contributed by atoms with van der Waals surface area (Å²) in [5.74, 6) is -0.166. The molecule has 0 aliphatic rings. The van der Waals surface area contributed by atoms with Gasteiger partial charge in [-0.15, -0.1) is 0 Å². The van der Waals surface area contributed by atoms with Gasteiger partial charge in [0.05, 0.1) is 12.6 Å². The van der Waals surface area contributed by atoms with Crippen LogP contribution in [0.25, 0.3) is 0 Å². The van der Waals surface area contributed by atoms with Crippen molar-refractivity contribution in [3.8, 4) is 0 Å². The van der Waals surface area contributed by atoms with E-state index in [9.17, 15) is 4.39 Å². The van der Waals surface area contributed by atoms with E-state index in [0.29, 0.717) is 12.2 Å². The largest absolute Gasteiger partial charge is 0.379 e. The molecule has 1 aromatic rings. The lowest BCUT2D eigenvalue weighted by Crippen LogP contribution is -2.27. The Bertz CT molecular complexity index is 317. The lowest BCUT2D eigenvalue weighted by Gasteiger charge is -2.19. The molecule has 0 amide bonds. The zero-order chi connectivity index (χ0) is 12.5. The van der Waals surface area contributed by atoms with E-state index in [1.165, 1.54) is 6.07 Å². The molecule has 2 nitrogen and oxygen atoms in total. The normalized spacial score (nSPS) is 12.6. The molecule has 17 heavy (non-hydrogen) atoms. The summed E-state index contributed by atoms with van der Waals surface area (Å²) in [7, 11) is 0. The number of benzene rings is 1. The summed E-state index contributed by atoms with van der Waals surface area (Å²) in [6.07, 6.45) is 2.01. The summed E-state index contributed by atoms with van der Waals surface area (Å²) in [6, 6.07) is 6.83. The average Bonchev–Trinajstić information content (AvgIpc) is 2.35. The van der Waals surface area contributed by atoms with Crippen molar-refractivity contribution in [2.45, 2.75) is 32.7 Å². The van der Waals surface area contributed by atoms with E-state index < -0.39 is 0 Å². The molecule has 96 valence electrons. The lowest BCUT2D eigenvalue weighted by atomic mass is 10.1. The second-order valence-electron chi connectivity index (χ2n) is 4.10. The molecular weight excluding hydrogens is 217 g/mol. The van der Waals surface area contributed by atoms with Crippen molar-refractivity contribution in [3.63, 3.8) is 0 Å². The molecule has 0 saturated carbocycles. The van der Waals surface area contributed by atoms with Crippen molar-refractivity contribution in [2.24, 2.45) is 0 Å². The van der Waals surface area contributed by atoms with Crippen molar-refractivity contribution in [3.05, 3.63) is 35.6 Å². The van der Waals surface area contributed by atoms with Crippen LogP contribution in [0.15, 0.2) is 24.3 Å². The molecule has 0 heterocycles. The zero-order valence-corrected chi connectivity index (χ0v) is 10.7. The van der Waals surface area contributed by atoms with Gasteiger partial charge in [0.25, 0.3) is 0 Å². The molecule has 1 atom stereocenters. The molecule has 0 fully saturated rings. The van der Waals surface area contributed by atoms with Crippen LogP contribution >= 0.6 is 0 Å². The molecule has 0 bridgehead atoms. The van der Waals surface area contributed by atoms with Crippen LogP contribution in [0.3, 0.4) is 0 Å². The molecule has 1 rings (SSSR count). The van der Waals surface area contributed by atoms with E-state index in [4.69, 9.17) is 4.74 Å². The van der Waals surface area contributed by atoms with Gasteiger partial charge < -0.3 is 10.1 Å². The van der Waals surface area contributed by atoms with E-state index in [1.807, 2.05) is 12.1 Å². The minimum atomic E-state index is -0.166. The van der Waals surface area contributed by atoms with Gasteiger partial charge in [0, 0.05) is 12.2 Å². The maximum atomic E-state index is 13.7. The van der Waals surface area contributed by atoms with Crippen LogP contribution in [0.5, 0.6) is 0 Å². The first-order valence-electron chi connectivity index (χ1n) is 6.35. The predicted octanol–water partition coefficient (Wildman–Crippen LogP) is 3.29. The van der Waals surface area contributed by atoms with Gasteiger partial charge in [0.2, 0.25) is 0 Å². The number of hydrogen-bond acceptors (Lipinski definition) is 2. The van der Waals surface area contributed by atoms with Crippen molar-refractivity contribution in [1.82, 2.24) is 5.32 Å². The van der Waals surface area contributed by atoms with Crippen molar-refractivity contribution in [1.29, 1.82) is 0 Å². The van der Waals surface area contributed by atoms with Crippen molar-refractivity contribution in [2.75, 3.05) is 19.8 Å². The molecule has 3 heteroatoms. The predicted molar refractivity (Wildman–Crippen MR) is 68.5 cm³/mol. The Hall–Kier alpha value is -0.930. The highest BCUT2D eigenvalue weighted by atomic mass is 19.1. The van der Waals surface area contributed by atoms with Gasteiger partial charge in [0.15, 0.2) is 0 Å². The fourth-order valence-electron chi connectivity index (χ4n) is 1.68. The zero-order valence-electron chi connectivity index (χ0n) is 10.7. The Morgan fingerprint density at radius 3 is 2.65 bits per heavy atom. The minimum absolute atomic E-state index is 0.0531. The minimum Gasteiger partial charge on any atom is -0.379 e. The summed E-state index contributed by atoms with van der Waals surface area (Å²) < 4.78 is 19.2. The van der Waals surface area contributed by atoms with Gasteiger partial charge in [0.1, 0.15) is 5.82 Å². The third-order valence-corrected chi connectivity index (χ3v) is 2.55. The van der Waals surface area contributed by atoms with Crippen LogP contribution in [0, 0.1) is 5.82 Å². The Balaban J connectivity index is 2.64. The topological polar surface area (TPSA) is 21.3 Å². The Labute approximate surface area is 103 Å². The van der Waals surface area contributed by atoms with Gasteiger partial charge in [-0.1, -0.05) is 32.0 Å². The molecule has 0 radical (unpaired) electrons. The molecule has 0 saturated heterocycles. The second-order valence-corrected chi connectivity index (χ2v) is 4.10. The summed E-state index contributed by atoms with van der Waals surface area (Å²) >= 11 is 0. The van der Waals surface area contributed by atoms with Crippen LogP contribution in [0.4, 0.5) is 4.39 Å². The smallest absolute Gasteiger partial charge is 0.128 e. The summed E-state index contributed by atoms with van der Waals surface area (Å²) in [6.45, 7) is 6.28. The van der Waals surface area contributed by atoms with E-state index in [0.717, 1.165) is 26.0 Å². The molecule has 0 aliphatic heterocycles. The summed E-state index contributed by atoms with van der Waals surface area (Å²) in [5.41, 5.74) is 0.692. The third kappa shape index (κ3) is 4.84. The van der Waals surface area contributed by atoms with Crippen LogP contribution in [0.2, 0.25) is 0 Å². The maximum Gasteiger partial charge on any atom is 0.128 e. The molecule has 0 aliphatic carbocycles. The first-order chi connectivity index (χ1) is 8.29. The fourth-order valence-corrected chi connectivity index (χ4v) is 1.68. The molecule has 0 spiro atoms. The van der Waals surface area contributed by atoms with Gasteiger partial charge in [-0.2, -0.15) is 0 Å². The van der Waals surface area contributed by atoms with Crippen LogP contribution in [-0.4, -0.2) is 19.8 Å². The Morgan fingerprint density at radius 2 is 2.00 bits per heavy atom. The maximum absolute atomic E-state index is 13.7. The highest BCUT2D eigenvalue weighted by molar-refractivity contribution is 5.21. The highest BCUT2D eigenvalue weighted by Gasteiger charge is 2.14. The van der Waals surface area contributed by atoms with Crippen LogP contribution < -0.4 is 5.32 Å². The second kappa shape index (κ2) is 8.20. The molecular formula is C14H22FNO. The van der Waals surface area contributed by atoms with Gasteiger partial charge in [-0.05, 0) is 25.5 Å². The Morgan fingerprint density at radius 1 is 1.24 bits per heavy atom. The SMILES string of the molecule is CCCNC(COCCC)c1ccccc1F. The number of rotatable bonds is 8. The standard InChI is InChI=1S/C14H22FNO/c1-3-9-16-14(11-17-10-4-2)12-7-5-6-8-13(12)15/h5-8,14,16H,3-4,9-11H2,1-2H3. The fraction of sp³-hybridized carbons (Fsp3) is 0.571. The number of nitrogens with one attached hydrogen (secondary N) is 1. The summed E-state index contributed by atoms with van der Waals surface area (Å²) in [4.78, 5) is 0. The molecule has 1 unspecified atom stereocenters. The van der Waals surface area contributed by atoms with Crippen LogP contribution in [-0.2, 0) is 4.74 Å². The third-order valence-electron chi connectivity index (χ3n) is 2.55. The lowest BCUT2D eigenvalue weighted by molar-refractivity contribution is 0.111. The number of ether oxygens (including phenoxy) is 1. The van der Waals surface area contributed by atoms with Crippen molar-refractivity contribution < 1.29 is 9.13 Å². The van der Waals surface area contributed by atoms with Gasteiger partial charge in [-0.3, -0.25) is 0 Å².